The molecule has 0 fully saturated rings. The summed E-state index contributed by atoms with van der Waals surface area (Å²) in [6, 6.07) is 0. The Morgan fingerprint density at radius 3 is 2.90 bits per heavy atom. The molecule has 0 bridgehead atoms. The molecular formula is C13H20N4O2S2. The third-order valence-corrected chi connectivity index (χ3v) is 6.08. The summed E-state index contributed by atoms with van der Waals surface area (Å²) >= 11 is 1.39. The number of hydrogen-bond acceptors (Lipinski definition) is 5. The minimum Gasteiger partial charge on any atom is -0.337 e. The van der Waals surface area contributed by atoms with Crippen molar-refractivity contribution in [1.29, 1.82) is 0 Å². The Morgan fingerprint density at radius 1 is 1.43 bits per heavy atom. The summed E-state index contributed by atoms with van der Waals surface area (Å²) < 4.78 is 29.3. The van der Waals surface area contributed by atoms with Gasteiger partial charge in [-0.2, -0.15) is 0 Å². The van der Waals surface area contributed by atoms with E-state index in [-0.39, 0.29) is 6.54 Å². The van der Waals surface area contributed by atoms with Crippen LogP contribution < -0.4 is 10.5 Å². The van der Waals surface area contributed by atoms with Gasteiger partial charge in [-0.05, 0) is 30.7 Å². The lowest BCUT2D eigenvalue weighted by atomic mass is 10.3. The predicted octanol–water partition coefficient (Wildman–Crippen LogP) is 1.47. The van der Waals surface area contributed by atoms with E-state index < -0.39 is 10.0 Å². The first-order valence-corrected chi connectivity index (χ1v) is 9.13. The Hall–Kier alpha value is -1.22. The summed E-state index contributed by atoms with van der Waals surface area (Å²) in [7, 11) is -3.46. The zero-order valence-corrected chi connectivity index (χ0v) is 13.6. The number of aryl methyl sites for hydroxylation is 2. The van der Waals surface area contributed by atoms with Gasteiger partial charge in [-0.3, -0.25) is 0 Å². The summed E-state index contributed by atoms with van der Waals surface area (Å²) in [6.07, 6.45) is 7.05. The molecule has 21 heavy (non-hydrogen) atoms. The van der Waals surface area contributed by atoms with Crippen molar-refractivity contribution in [2.45, 2.75) is 37.8 Å². The van der Waals surface area contributed by atoms with Crippen molar-refractivity contribution < 1.29 is 8.42 Å². The number of nitrogens with zero attached hydrogens (tertiary/aromatic N) is 2. The van der Waals surface area contributed by atoms with Crippen molar-refractivity contribution in [3.8, 4) is 0 Å². The normalized spacial score (nSPS) is 11.9. The maximum absolute atomic E-state index is 12.3. The van der Waals surface area contributed by atoms with E-state index in [1.54, 1.807) is 19.4 Å². The zero-order valence-electron chi connectivity index (χ0n) is 11.9. The number of thiophene rings is 1. The van der Waals surface area contributed by atoms with Crippen LogP contribution in [0.4, 0.5) is 0 Å². The summed E-state index contributed by atoms with van der Waals surface area (Å²) in [6.45, 7) is 3.31. The van der Waals surface area contributed by atoms with Crippen molar-refractivity contribution >= 4 is 21.4 Å². The zero-order chi connectivity index (χ0) is 15.3. The number of nitrogens with two attached hydrogens (primary N) is 1. The SMILES string of the molecule is Cc1csc(CN)c1S(=O)(=O)NCCCCn1ccnc1. The second-order valence-electron chi connectivity index (χ2n) is 4.78. The van der Waals surface area contributed by atoms with Gasteiger partial charge in [-0.25, -0.2) is 18.1 Å². The molecule has 116 valence electrons. The van der Waals surface area contributed by atoms with E-state index >= 15 is 0 Å². The highest BCUT2D eigenvalue weighted by atomic mass is 32.2. The minimum atomic E-state index is -3.46. The third kappa shape index (κ3) is 4.13. The Labute approximate surface area is 129 Å². The van der Waals surface area contributed by atoms with E-state index in [1.165, 1.54) is 11.3 Å². The Kier molecular flexibility index (Phi) is 5.51. The standard InChI is InChI=1S/C13H20N4O2S2/c1-11-9-20-12(8-14)13(11)21(18,19)16-4-2-3-6-17-7-5-15-10-17/h5,7,9-10,16H,2-4,6,8,14H2,1H3. The minimum absolute atomic E-state index is 0.245. The van der Waals surface area contributed by atoms with Gasteiger partial charge in [0.2, 0.25) is 10.0 Å². The van der Waals surface area contributed by atoms with Gasteiger partial charge >= 0.3 is 0 Å². The fourth-order valence-electron chi connectivity index (χ4n) is 2.11. The van der Waals surface area contributed by atoms with Gasteiger partial charge < -0.3 is 10.3 Å². The van der Waals surface area contributed by atoms with Crippen molar-refractivity contribution in [1.82, 2.24) is 14.3 Å². The lowest BCUT2D eigenvalue weighted by molar-refractivity contribution is 0.565. The molecule has 0 aliphatic rings. The molecule has 2 aromatic heterocycles. The Balaban J connectivity index is 1.85. The largest absolute Gasteiger partial charge is 0.337 e. The van der Waals surface area contributed by atoms with Crippen LogP contribution in [0.1, 0.15) is 23.3 Å². The van der Waals surface area contributed by atoms with Gasteiger partial charge in [0.1, 0.15) is 4.90 Å². The first kappa shape index (κ1) is 16.2. The van der Waals surface area contributed by atoms with Crippen LogP contribution in [-0.4, -0.2) is 24.5 Å². The van der Waals surface area contributed by atoms with Crippen LogP contribution in [0, 0.1) is 6.92 Å². The molecule has 0 aromatic carbocycles. The first-order chi connectivity index (χ1) is 10.0. The van der Waals surface area contributed by atoms with Gasteiger partial charge in [-0.1, -0.05) is 0 Å². The number of imidazole rings is 1. The average molecular weight is 328 g/mol. The third-order valence-electron chi connectivity index (χ3n) is 3.14. The molecule has 2 heterocycles. The molecule has 6 nitrogen and oxygen atoms in total. The quantitative estimate of drug-likeness (QED) is 0.718. The van der Waals surface area contributed by atoms with E-state index in [0.717, 1.165) is 24.9 Å². The summed E-state index contributed by atoms with van der Waals surface area (Å²) in [5, 5.41) is 1.83. The monoisotopic (exact) mass is 328 g/mol. The maximum Gasteiger partial charge on any atom is 0.241 e. The van der Waals surface area contributed by atoms with E-state index in [2.05, 4.69) is 9.71 Å². The number of unbranched alkanes of at least 4 members (excludes halogenated alkanes) is 1. The molecule has 0 saturated carbocycles. The van der Waals surface area contributed by atoms with Gasteiger partial charge in [-0.15, -0.1) is 11.3 Å². The number of nitrogens with one attached hydrogen (secondary N) is 1. The molecule has 0 amide bonds. The lowest BCUT2D eigenvalue weighted by Crippen LogP contribution is -2.26. The maximum atomic E-state index is 12.3. The number of hydrogen-bond donors (Lipinski definition) is 2. The molecule has 2 aromatic rings. The number of aromatic nitrogens is 2. The molecular weight excluding hydrogens is 308 g/mol. The van der Waals surface area contributed by atoms with Crippen molar-refractivity contribution in [2.24, 2.45) is 5.73 Å². The van der Waals surface area contributed by atoms with Crippen molar-refractivity contribution in [2.75, 3.05) is 6.54 Å². The average Bonchev–Trinajstić information content (AvgIpc) is 3.07. The van der Waals surface area contributed by atoms with Gasteiger partial charge in [0.25, 0.3) is 0 Å². The van der Waals surface area contributed by atoms with Gasteiger partial charge in [0, 0.05) is 36.9 Å². The fourth-order valence-corrected chi connectivity index (χ4v) is 4.88. The van der Waals surface area contributed by atoms with E-state index in [0.29, 0.717) is 16.3 Å². The van der Waals surface area contributed by atoms with Gasteiger partial charge in [0.05, 0.1) is 6.33 Å². The van der Waals surface area contributed by atoms with Crippen LogP contribution in [0.15, 0.2) is 29.0 Å². The van der Waals surface area contributed by atoms with Crippen LogP contribution in [0.2, 0.25) is 0 Å². The second-order valence-corrected chi connectivity index (χ2v) is 7.45. The second kappa shape index (κ2) is 7.17. The molecule has 2 rings (SSSR count). The highest BCUT2D eigenvalue weighted by molar-refractivity contribution is 7.89. The highest BCUT2D eigenvalue weighted by Crippen LogP contribution is 2.26. The van der Waals surface area contributed by atoms with Crippen LogP contribution in [-0.2, 0) is 23.1 Å². The molecule has 0 unspecified atom stereocenters. The fraction of sp³-hybridized carbons (Fsp3) is 0.462. The molecule has 0 aliphatic heterocycles. The summed E-state index contributed by atoms with van der Waals surface area (Å²) in [5.74, 6) is 0. The van der Waals surface area contributed by atoms with Crippen LogP contribution in [0.5, 0.6) is 0 Å². The molecule has 0 aliphatic carbocycles. The van der Waals surface area contributed by atoms with Crippen molar-refractivity contribution in [3.63, 3.8) is 0 Å². The molecule has 8 heteroatoms. The smallest absolute Gasteiger partial charge is 0.241 e. The van der Waals surface area contributed by atoms with E-state index in [4.69, 9.17) is 5.73 Å². The first-order valence-electron chi connectivity index (χ1n) is 6.77. The summed E-state index contributed by atoms with van der Waals surface area (Å²) in [4.78, 5) is 5.02. The van der Waals surface area contributed by atoms with E-state index in [9.17, 15) is 8.42 Å². The Morgan fingerprint density at radius 2 is 2.24 bits per heavy atom. The molecule has 0 saturated heterocycles. The lowest BCUT2D eigenvalue weighted by Gasteiger charge is -2.08. The molecule has 0 radical (unpaired) electrons. The van der Waals surface area contributed by atoms with Crippen LogP contribution in [0.3, 0.4) is 0 Å². The number of rotatable bonds is 8. The molecule has 0 spiro atoms. The van der Waals surface area contributed by atoms with Gasteiger partial charge in [0.15, 0.2) is 0 Å². The Bertz CT molecular complexity index is 662. The van der Waals surface area contributed by atoms with Crippen LogP contribution in [0.25, 0.3) is 0 Å². The highest BCUT2D eigenvalue weighted by Gasteiger charge is 2.21. The van der Waals surface area contributed by atoms with E-state index in [1.807, 2.05) is 16.1 Å². The molecule has 3 N–H and O–H groups in total. The molecule has 0 atom stereocenters. The van der Waals surface area contributed by atoms with Crippen molar-refractivity contribution in [3.05, 3.63) is 34.5 Å². The summed E-state index contributed by atoms with van der Waals surface area (Å²) in [5.41, 5.74) is 6.36. The predicted molar refractivity (Wildman–Crippen MR) is 83.6 cm³/mol. The van der Waals surface area contributed by atoms with Crippen LogP contribution >= 0.6 is 11.3 Å². The topological polar surface area (TPSA) is 90.0 Å². The number of sulfonamides is 1.